The number of aliphatic carboxylic acids is 3. The maximum absolute atomic E-state index is 11.2. The van der Waals surface area contributed by atoms with Gasteiger partial charge in [0, 0.05) is 0 Å². The molecule has 10 heteroatoms. The smallest absolute Gasteiger partial charge is 0.336 e. The molecule has 0 aliphatic rings. The van der Waals surface area contributed by atoms with Gasteiger partial charge in [-0.05, 0) is 0 Å². The van der Waals surface area contributed by atoms with E-state index >= 15 is 0 Å². The molecule has 0 fully saturated rings. The summed E-state index contributed by atoms with van der Waals surface area (Å²) in [6.07, 6.45) is -2.34. The van der Waals surface area contributed by atoms with Gasteiger partial charge in [-0.25, -0.2) is 4.79 Å². The van der Waals surface area contributed by atoms with Crippen LogP contribution < -0.4 is 5.73 Å². The molecule has 0 saturated heterocycles. The fourth-order valence-corrected chi connectivity index (χ4v) is 1.01. The summed E-state index contributed by atoms with van der Waals surface area (Å²) in [4.78, 5) is 42.6. The van der Waals surface area contributed by atoms with E-state index in [1.165, 1.54) is 0 Å². The molecule has 0 aromatic carbocycles. The summed E-state index contributed by atoms with van der Waals surface area (Å²) in [7, 11) is 0. The number of carboxylic acid groups (broad SMARTS) is 3. The second kappa shape index (κ2) is 6.66. The third kappa shape index (κ3) is 5.79. The third-order valence-corrected chi connectivity index (χ3v) is 2.02. The van der Waals surface area contributed by atoms with Crippen LogP contribution in [0.4, 0.5) is 0 Å². The number of hydrogen-bond acceptors (Lipinski definition) is 7. The van der Waals surface area contributed by atoms with Gasteiger partial charge in [0.15, 0.2) is 5.60 Å². The minimum absolute atomic E-state index is 0.725. The zero-order valence-electron chi connectivity index (χ0n) is 9.61. The van der Waals surface area contributed by atoms with Crippen LogP contribution in [-0.2, 0) is 23.9 Å². The largest absolute Gasteiger partial charge is 0.481 e. The zero-order valence-corrected chi connectivity index (χ0v) is 9.61. The van der Waals surface area contributed by atoms with Gasteiger partial charge in [-0.15, -0.1) is 0 Å². The highest BCUT2D eigenvalue weighted by Gasteiger charge is 2.41. The Kier molecular flexibility index (Phi) is 5.89. The maximum atomic E-state index is 11.2. The summed E-state index contributed by atoms with van der Waals surface area (Å²) in [6.45, 7) is -0.725. The van der Waals surface area contributed by atoms with Gasteiger partial charge >= 0.3 is 23.9 Å². The summed E-state index contributed by atoms with van der Waals surface area (Å²) in [5, 5.41) is 35.0. The Morgan fingerprint density at radius 3 is 2.00 bits per heavy atom. The molecule has 0 spiro atoms. The van der Waals surface area contributed by atoms with Gasteiger partial charge in [0.25, 0.3) is 0 Å². The van der Waals surface area contributed by atoms with E-state index in [1.54, 1.807) is 0 Å². The fraction of sp³-hybridized carbons (Fsp3) is 0.556. The lowest BCUT2D eigenvalue weighted by molar-refractivity contribution is -0.172. The van der Waals surface area contributed by atoms with Crippen molar-refractivity contribution in [3.05, 3.63) is 0 Å². The van der Waals surface area contributed by atoms with Crippen LogP contribution >= 0.6 is 0 Å². The number of carbonyl (C=O) groups is 4. The first-order valence-electron chi connectivity index (χ1n) is 4.90. The molecule has 19 heavy (non-hydrogen) atoms. The van der Waals surface area contributed by atoms with E-state index < -0.39 is 55.0 Å². The summed E-state index contributed by atoms with van der Waals surface area (Å²) in [5.41, 5.74) is 2.20. The molecule has 108 valence electrons. The number of ether oxygens (including phenoxy) is 1. The Labute approximate surface area is 106 Å². The second-order valence-electron chi connectivity index (χ2n) is 3.71. The Morgan fingerprint density at radius 1 is 1.11 bits per heavy atom. The number of hydrogen-bond donors (Lipinski definition) is 5. The van der Waals surface area contributed by atoms with Crippen LogP contribution in [0.3, 0.4) is 0 Å². The highest BCUT2D eigenvalue weighted by Crippen LogP contribution is 2.17. The van der Waals surface area contributed by atoms with Gasteiger partial charge in [-0.2, -0.15) is 0 Å². The monoisotopic (exact) mass is 279 g/mol. The van der Waals surface area contributed by atoms with E-state index in [-0.39, 0.29) is 0 Å². The van der Waals surface area contributed by atoms with Gasteiger partial charge in [-0.1, -0.05) is 0 Å². The average Bonchev–Trinajstić information content (AvgIpc) is 2.24. The number of carbonyl (C=O) groups excluding carboxylic acids is 1. The zero-order chi connectivity index (χ0) is 15.2. The second-order valence-corrected chi connectivity index (χ2v) is 3.71. The van der Waals surface area contributed by atoms with E-state index in [1.807, 2.05) is 0 Å². The lowest BCUT2D eigenvalue weighted by atomic mass is 9.96. The van der Waals surface area contributed by atoms with E-state index in [2.05, 4.69) is 4.74 Å². The predicted molar refractivity (Wildman–Crippen MR) is 56.0 cm³/mol. The van der Waals surface area contributed by atoms with E-state index in [4.69, 9.17) is 21.1 Å². The molecule has 0 amide bonds. The molecule has 0 aliphatic heterocycles. The van der Waals surface area contributed by atoms with Gasteiger partial charge in [0.1, 0.15) is 12.6 Å². The first-order valence-corrected chi connectivity index (χ1v) is 4.90. The Hall–Kier alpha value is -2.20. The minimum atomic E-state index is -2.82. The molecular formula is C9H13NO9. The standard InChI is InChI=1S/C9H13NO9/c10-4(7(14)15)3-19-6(13)2-9(18,8(16)17)1-5(11)12/h4,18H,1-3,10H2,(H,11,12)(H,14,15)(H,16,17)/t4-,9?/m1/s1. The van der Waals surface area contributed by atoms with Crippen molar-refractivity contribution in [1.82, 2.24) is 0 Å². The summed E-state index contributed by atoms with van der Waals surface area (Å²) in [5.74, 6) is -6.25. The van der Waals surface area contributed by atoms with Crippen molar-refractivity contribution in [2.75, 3.05) is 6.61 Å². The molecule has 1 unspecified atom stereocenters. The normalized spacial score (nSPS) is 15.1. The molecule has 6 N–H and O–H groups in total. The Bertz CT molecular complexity index is 393. The number of carboxylic acids is 3. The van der Waals surface area contributed by atoms with Crippen LogP contribution in [0.2, 0.25) is 0 Å². The van der Waals surface area contributed by atoms with Crippen molar-refractivity contribution >= 4 is 23.9 Å². The minimum Gasteiger partial charge on any atom is -0.481 e. The first kappa shape index (κ1) is 16.8. The molecule has 0 saturated carbocycles. The van der Waals surface area contributed by atoms with Crippen molar-refractivity contribution < 1.29 is 44.3 Å². The van der Waals surface area contributed by atoms with Crippen molar-refractivity contribution in [2.24, 2.45) is 5.73 Å². The van der Waals surface area contributed by atoms with Crippen LogP contribution in [0, 0.1) is 0 Å². The van der Waals surface area contributed by atoms with Crippen LogP contribution in [0.1, 0.15) is 12.8 Å². The predicted octanol–water partition coefficient (Wildman–Crippen LogP) is -2.38. The highest BCUT2D eigenvalue weighted by atomic mass is 16.5. The molecular weight excluding hydrogens is 266 g/mol. The Morgan fingerprint density at radius 2 is 1.63 bits per heavy atom. The van der Waals surface area contributed by atoms with Crippen LogP contribution in [0.25, 0.3) is 0 Å². The van der Waals surface area contributed by atoms with E-state index in [9.17, 15) is 24.3 Å². The molecule has 0 heterocycles. The lowest BCUT2D eigenvalue weighted by Gasteiger charge is -2.20. The molecule has 0 bridgehead atoms. The van der Waals surface area contributed by atoms with Gasteiger partial charge in [-0.3, -0.25) is 14.4 Å². The van der Waals surface area contributed by atoms with Crippen LogP contribution in [-0.4, -0.2) is 62.6 Å². The van der Waals surface area contributed by atoms with Gasteiger partial charge in [0.05, 0.1) is 12.8 Å². The van der Waals surface area contributed by atoms with E-state index in [0.717, 1.165) is 0 Å². The van der Waals surface area contributed by atoms with Crippen LogP contribution in [0.5, 0.6) is 0 Å². The summed E-state index contributed by atoms with van der Waals surface area (Å²) in [6, 6.07) is -1.50. The number of nitrogens with two attached hydrogens (primary N) is 1. The van der Waals surface area contributed by atoms with E-state index in [0.29, 0.717) is 0 Å². The summed E-state index contributed by atoms with van der Waals surface area (Å²) >= 11 is 0. The highest BCUT2D eigenvalue weighted by molar-refractivity contribution is 5.88. The third-order valence-electron chi connectivity index (χ3n) is 2.02. The number of rotatable bonds is 8. The van der Waals surface area contributed by atoms with Crippen LogP contribution in [0.15, 0.2) is 0 Å². The fourth-order valence-electron chi connectivity index (χ4n) is 1.01. The molecule has 0 rings (SSSR count). The lowest BCUT2D eigenvalue weighted by Crippen LogP contribution is -2.44. The van der Waals surface area contributed by atoms with Crippen molar-refractivity contribution in [3.8, 4) is 0 Å². The topological polar surface area (TPSA) is 184 Å². The SMILES string of the molecule is N[C@H](COC(=O)CC(O)(CC(=O)O)C(=O)O)C(=O)O. The molecule has 0 aromatic heterocycles. The van der Waals surface area contributed by atoms with Gasteiger partial charge in [0.2, 0.25) is 0 Å². The number of aliphatic hydroxyl groups is 1. The van der Waals surface area contributed by atoms with Crippen molar-refractivity contribution in [2.45, 2.75) is 24.5 Å². The molecule has 0 aliphatic carbocycles. The first-order chi connectivity index (χ1) is 8.58. The molecule has 0 radical (unpaired) electrons. The Balaban J connectivity index is 4.53. The van der Waals surface area contributed by atoms with Crippen molar-refractivity contribution in [3.63, 3.8) is 0 Å². The van der Waals surface area contributed by atoms with Crippen molar-refractivity contribution in [1.29, 1.82) is 0 Å². The maximum Gasteiger partial charge on any atom is 0.336 e. The molecule has 2 atom stereocenters. The molecule has 10 nitrogen and oxygen atoms in total. The number of esters is 1. The molecule has 0 aromatic rings. The summed E-state index contributed by atoms with van der Waals surface area (Å²) < 4.78 is 4.33. The van der Waals surface area contributed by atoms with Gasteiger partial charge < -0.3 is 30.9 Å². The quantitative estimate of drug-likeness (QED) is 0.300. The average molecular weight is 279 g/mol.